The van der Waals surface area contributed by atoms with E-state index < -0.39 is 0 Å². The number of hydrogen-bond acceptors (Lipinski definition) is 4. The molecular weight excluding hydrogens is 301 g/mol. The first-order chi connectivity index (χ1) is 8.65. The van der Waals surface area contributed by atoms with Gasteiger partial charge in [0.05, 0.1) is 11.9 Å². The van der Waals surface area contributed by atoms with Crippen molar-refractivity contribution in [2.24, 2.45) is 5.73 Å². The predicted octanol–water partition coefficient (Wildman–Crippen LogP) is 1.79. The van der Waals surface area contributed by atoms with E-state index in [4.69, 9.17) is 5.73 Å². The van der Waals surface area contributed by atoms with Crippen molar-refractivity contribution in [1.82, 2.24) is 14.5 Å². The number of carbonyl (C=O) groups excluding carboxylic acids is 1. The Bertz CT molecular complexity index is 513. The second-order valence-electron chi connectivity index (χ2n) is 4.10. The van der Waals surface area contributed by atoms with Crippen molar-refractivity contribution < 1.29 is 4.79 Å². The lowest BCUT2D eigenvalue weighted by Gasteiger charge is -2.07. The molecule has 2 aromatic heterocycles. The molecule has 0 aromatic carbocycles. The van der Waals surface area contributed by atoms with Crippen molar-refractivity contribution in [3.8, 4) is 5.82 Å². The number of imidazole rings is 1. The topological polar surface area (TPSA) is 85.8 Å². The summed E-state index contributed by atoms with van der Waals surface area (Å²) in [5.74, 6) is 0.639. The number of anilines is 1. The Hall–Kier alpha value is -1.63. The normalized spacial score (nSPS) is 10.9. The highest BCUT2D eigenvalue weighted by molar-refractivity contribution is 5.90. The van der Waals surface area contributed by atoms with Crippen LogP contribution in [0.4, 0.5) is 5.69 Å². The molecule has 3 N–H and O–H groups in total. The van der Waals surface area contributed by atoms with Gasteiger partial charge in [-0.25, -0.2) is 9.97 Å². The first-order valence-electron chi connectivity index (χ1n) is 5.65. The minimum atomic E-state index is -0.150. The van der Waals surface area contributed by atoms with E-state index in [1.807, 2.05) is 6.07 Å². The maximum absolute atomic E-state index is 11.5. The van der Waals surface area contributed by atoms with Gasteiger partial charge in [-0.2, -0.15) is 0 Å². The summed E-state index contributed by atoms with van der Waals surface area (Å²) < 4.78 is 1.79. The summed E-state index contributed by atoms with van der Waals surface area (Å²) in [5, 5.41) is 2.74. The Labute approximate surface area is 129 Å². The lowest BCUT2D eigenvalue weighted by atomic mass is 10.2. The first-order valence-corrected chi connectivity index (χ1v) is 5.65. The standard InChI is InChI=1S/C12H15N5O.2ClH/c1-9(13)6-12(18)16-10-2-3-11(15-7-10)17-5-4-14-8-17;;/h2-5,7-9H,6,13H2,1H3,(H,16,18);2*1H. The van der Waals surface area contributed by atoms with Gasteiger partial charge in [0.25, 0.3) is 0 Å². The fourth-order valence-electron chi connectivity index (χ4n) is 1.51. The highest BCUT2D eigenvalue weighted by atomic mass is 35.5. The molecule has 0 saturated carbocycles. The third-order valence-electron chi connectivity index (χ3n) is 2.31. The number of halogens is 2. The molecule has 1 unspecified atom stereocenters. The summed E-state index contributed by atoms with van der Waals surface area (Å²) in [4.78, 5) is 19.7. The zero-order valence-electron chi connectivity index (χ0n) is 10.9. The largest absolute Gasteiger partial charge is 0.327 e. The Kier molecular flexibility index (Phi) is 7.83. The van der Waals surface area contributed by atoms with Gasteiger partial charge in [0.1, 0.15) is 12.1 Å². The van der Waals surface area contributed by atoms with E-state index >= 15 is 0 Å². The van der Waals surface area contributed by atoms with Gasteiger partial charge >= 0.3 is 0 Å². The van der Waals surface area contributed by atoms with Crippen molar-refractivity contribution in [1.29, 1.82) is 0 Å². The average Bonchev–Trinajstić information content (AvgIpc) is 2.82. The van der Waals surface area contributed by atoms with Crippen molar-refractivity contribution in [2.45, 2.75) is 19.4 Å². The van der Waals surface area contributed by atoms with E-state index in [-0.39, 0.29) is 36.8 Å². The molecule has 1 atom stereocenters. The molecule has 20 heavy (non-hydrogen) atoms. The maximum atomic E-state index is 11.5. The Morgan fingerprint density at radius 1 is 1.45 bits per heavy atom. The van der Waals surface area contributed by atoms with Gasteiger partial charge in [0.15, 0.2) is 0 Å². The molecule has 0 aliphatic rings. The number of pyridine rings is 1. The Morgan fingerprint density at radius 3 is 2.70 bits per heavy atom. The van der Waals surface area contributed by atoms with Crippen LogP contribution < -0.4 is 11.1 Å². The third kappa shape index (κ3) is 5.16. The third-order valence-corrected chi connectivity index (χ3v) is 2.31. The Balaban J connectivity index is 0.00000180. The van der Waals surface area contributed by atoms with Gasteiger partial charge in [-0.1, -0.05) is 0 Å². The monoisotopic (exact) mass is 317 g/mol. The number of carbonyl (C=O) groups is 1. The Morgan fingerprint density at radius 2 is 2.20 bits per heavy atom. The highest BCUT2D eigenvalue weighted by Gasteiger charge is 2.05. The van der Waals surface area contributed by atoms with E-state index in [2.05, 4.69) is 15.3 Å². The number of nitrogens with two attached hydrogens (primary N) is 1. The van der Waals surface area contributed by atoms with Crippen LogP contribution >= 0.6 is 24.8 Å². The molecule has 0 radical (unpaired) electrons. The quantitative estimate of drug-likeness (QED) is 0.900. The summed E-state index contributed by atoms with van der Waals surface area (Å²) in [7, 11) is 0. The average molecular weight is 318 g/mol. The van der Waals surface area contributed by atoms with Crippen LogP contribution in [0.1, 0.15) is 13.3 Å². The summed E-state index contributed by atoms with van der Waals surface area (Å²) in [6, 6.07) is 3.45. The lowest BCUT2D eigenvalue weighted by molar-refractivity contribution is -0.116. The van der Waals surface area contributed by atoms with Crippen molar-refractivity contribution in [3.63, 3.8) is 0 Å². The van der Waals surface area contributed by atoms with Crippen LogP contribution in [0.25, 0.3) is 5.82 Å². The van der Waals surface area contributed by atoms with Crippen LogP contribution in [-0.4, -0.2) is 26.5 Å². The van der Waals surface area contributed by atoms with Crippen molar-refractivity contribution in [3.05, 3.63) is 37.1 Å². The fraction of sp³-hybridized carbons (Fsp3) is 0.250. The minimum absolute atomic E-state index is 0. The zero-order chi connectivity index (χ0) is 13.0. The molecular formula is C12H17Cl2N5O. The van der Waals surface area contributed by atoms with Gasteiger partial charge in [-0.3, -0.25) is 9.36 Å². The van der Waals surface area contributed by atoms with Gasteiger partial charge in [0.2, 0.25) is 5.91 Å². The predicted molar refractivity (Wildman–Crippen MR) is 82.8 cm³/mol. The second-order valence-corrected chi connectivity index (χ2v) is 4.10. The lowest BCUT2D eigenvalue weighted by Crippen LogP contribution is -2.24. The molecule has 0 bridgehead atoms. The number of nitrogens with zero attached hydrogens (tertiary/aromatic N) is 3. The summed E-state index contributed by atoms with van der Waals surface area (Å²) >= 11 is 0. The highest BCUT2D eigenvalue weighted by Crippen LogP contribution is 2.09. The van der Waals surface area contributed by atoms with Gasteiger partial charge in [-0.05, 0) is 19.1 Å². The summed E-state index contributed by atoms with van der Waals surface area (Å²) in [6.45, 7) is 1.79. The molecule has 110 valence electrons. The van der Waals surface area contributed by atoms with E-state index in [9.17, 15) is 4.79 Å². The molecule has 6 nitrogen and oxygen atoms in total. The molecule has 2 heterocycles. The van der Waals surface area contributed by atoms with Crippen LogP contribution in [0.2, 0.25) is 0 Å². The molecule has 1 amide bonds. The zero-order valence-corrected chi connectivity index (χ0v) is 12.5. The van der Waals surface area contributed by atoms with Crippen LogP contribution in [0.5, 0.6) is 0 Å². The molecule has 0 fully saturated rings. The SMILES string of the molecule is CC(N)CC(=O)Nc1ccc(-n2ccnc2)nc1.Cl.Cl. The molecule has 0 aliphatic carbocycles. The van der Waals surface area contributed by atoms with Crippen LogP contribution in [0.15, 0.2) is 37.1 Å². The van der Waals surface area contributed by atoms with Gasteiger partial charge < -0.3 is 11.1 Å². The summed E-state index contributed by atoms with van der Waals surface area (Å²) in [6.07, 6.45) is 7.05. The van der Waals surface area contributed by atoms with E-state index in [1.54, 1.807) is 42.5 Å². The molecule has 0 saturated heterocycles. The molecule has 8 heteroatoms. The molecule has 2 aromatic rings. The minimum Gasteiger partial charge on any atom is -0.327 e. The van der Waals surface area contributed by atoms with Gasteiger partial charge in [0, 0.05) is 24.9 Å². The van der Waals surface area contributed by atoms with E-state index in [0.717, 1.165) is 5.82 Å². The molecule has 0 spiro atoms. The van der Waals surface area contributed by atoms with Crippen molar-refractivity contribution in [2.75, 3.05) is 5.32 Å². The fourth-order valence-corrected chi connectivity index (χ4v) is 1.51. The van der Waals surface area contributed by atoms with E-state index in [0.29, 0.717) is 12.1 Å². The van der Waals surface area contributed by atoms with E-state index in [1.165, 1.54) is 0 Å². The maximum Gasteiger partial charge on any atom is 0.225 e. The second kappa shape index (κ2) is 8.52. The number of nitrogens with one attached hydrogen (secondary N) is 1. The first kappa shape index (κ1) is 18.4. The summed E-state index contributed by atoms with van der Waals surface area (Å²) in [5.41, 5.74) is 6.21. The molecule has 2 rings (SSSR count). The van der Waals surface area contributed by atoms with Crippen LogP contribution in [0.3, 0.4) is 0 Å². The number of hydrogen-bond donors (Lipinski definition) is 2. The number of aromatic nitrogens is 3. The number of rotatable bonds is 4. The number of amides is 1. The van der Waals surface area contributed by atoms with Gasteiger partial charge in [-0.15, -0.1) is 24.8 Å². The van der Waals surface area contributed by atoms with Crippen LogP contribution in [0, 0.1) is 0 Å². The smallest absolute Gasteiger partial charge is 0.225 e. The van der Waals surface area contributed by atoms with Crippen LogP contribution in [-0.2, 0) is 4.79 Å². The van der Waals surface area contributed by atoms with Crippen molar-refractivity contribution >= 4 is 36.4 Å². The molecule has 0 aliphatic heterocycles.